The van der Waals surface area contributed by atoms with Crippen LogP contribution < -0.4 is 5.73 Å². The molecule has 2 rings (SSSR count). The summed E-state index contributed by atoms with van der Waals surface area (Å²) in [6, 6.07) is 0.1000. The lowest BCUT2D eigenvalue weighted by Gasteiger charge is -2.26. The topological polar surface area (TPSA) is 35.2 Å². The van der Waals surface area contributed by atoms with Crippen molar-refractivity contribution >= 4 is 0 Å². The van der Waals surface area contributed by atoms with Gasteiger partial charge in [0.15, 0.2) is 0 Å². The number of hydrogen-bond acceptors (Lipinski definition) is 2. The first-order valence-electron chi connectivity index (χ1n) is 7.28. The lowest BCUT2D eigenvalue weighted by atomic mass is 9.82. The first-order chi connectivity index (χ1) is 8.84. The number of hydrogen-bond donors (Lipinski definition) is 1. The van der Waals surface area contributed by atoms with Crippen molar-refractivity contribution in [1.82, 2.24) is 0 Å². The lowest BCUT2D eigenvalue weighted by molar-refractivity contribution is 0.118. The molecule has 1 aromatic carbocycles. The van der Waals surface area contributed by atoms with Gasteiger partial charge >= 0.3 is 0 Å². The predicted octanol–water partition coefficient (Wildman–Crippen LogP) is 3.65. The van der Waals surface area contributed by atoms with E-state index in [1.54, 1.807) is 0 Å². The minimum atomic E-state index is 0.1000. The molecule has 1 aliphatic rings. The Morgan fingerprint density at radius 3 is 1.84 bits per heavy atom. The Balaban J connectivity index is 2.45. The summed E-state index contributed by atoms with van der Waals surface area (Å²) >= 11 is 0. The zero-order valence-corrected chi connectivity index (χ0v) is 13.1. The van der Waals surface area contributed by atoms with Gasteiger partial charge in [0.2, 0.25) is 0 Å². The third kappa shape index (κ3) is 2.44. The van der Waals surface area contributed by atoms with Crippen LogP contribution in [-0.2, 0) is 4.74 Å². The molecule has 0 saturated carbocycles. The van der Waals surface area contributed by atoms with E-state index in [-0.39, 0.29) is 6.04 Å². The zero-order chi connectivity index (χ0) is 14.3. The van der Waals surface area contributed by atoms with Crippen LogP contribution in [0.1, 0.15) is 52.8 Å². The van der Waals surface area contributed by atoms with Crippen LogP contribution in [0, 0.1) is 40.5 Å². The molecule has 2 nitrogen and oxygen atoms in total. The number of rotatable bonds is 2. The van der Waals surface area contributed by atoms with Gasteiger partial charge < -0.3 is 10.5 Å². The molecular weight excluding hydrogens is 234 g/mol. The molecule has 0 bridgehead atoms. The quantitative estimate of drug-likeness (QED) is 0.882. The largest absolute Gasteiger partial charge is 0.378 e. The second-order valence-corrected chi connectivity index (χ2v) is 6.20. The van der Waals surface area contributed by atoms with Crippen molar-refractivity contribution in [3.05, 3.63) is 33.4 Å². The Morgan fingerprint density at radius 2 is 1.42 bits per heavy atom. The predicted molar refractivity (Wildman–Crippen MR) is 80.6 cm³/mol. The summed E-state index contributed by atoms with van der Waals surface area (Å²) in [4.78, 5) is 0. The highest BCUT2D eigenvalue weighted by Gasteiger charge is 2.30. The summed E-state index contributed by atoms with van der Waals surface area (Å²) in [7, 11) is 0. The summed E-state index contributed by atoms with van der Waals surface area (Å²) in [6.07, 6.45) is 1.43. The highest BCUT2D eigenvalue weighted by Crippen LogP contribution is 2.36. The van der Waals surface area contributed by atoms with Gasteiger partial charge in [0.25, 0.3) is 0 Å². The van der Waals surface area contributed by atoms with E-state index in [1.165, 1.54) is 33.4 Å². The third-order valence-corrected chi connectivity index (χ3v) is 5.13. The van der Waals surface area contributed by atoms with E-state index in [9.17, 15) is 0 Å². The van der Waals surface area contributed by atoms with E-state index < -0.39 is 0 Å². The van der Waals surface area contributed by atoms with E-state index in [0.29, 0.717) is 12.0 Å². The summed E-state index contributed by atoms with van der Waals surface area (Å²) in [6.45, 7) is 14.0. The lowest BCUT2D eigenvalue weighted by Crippen LogP contribution is -2.24. The van der Waals surface area contributed by atoms with Gasteiger partial charge in [0.05, 0.1) is 12.7 Å². The fourth-order valence-electron chi connectivity index (χ4n) is 3.37. The van der Waals surface area contributed by atoms with Crippen molar-refractivity contribution < 1.29 is 4.74 Å². The highest BCUT2D eigenvalue weighted by molar-refractivity contribution is 5.50. The molecule has 2 N–H and O–H groups in total. The van der Waals surface area contributed by atoms with Crippen LogP contribution in [0.25, 0.3) is 0 Å². The van der Waals surface area contributed by atoms with Gasteiger partial charge in [0.1, 0.15) is 0 Å². The van der Waals surface area contributed by atoms with E-state index in [2.05, 4.69) is 41.5 Å². The van der Waals surface area contributed by atoms with Crippen molar-refractivity contribution in [3.8, 4) is 0 Å². The Hall–Kier alpha value is -0.860. The first kappa shape index (κ1) is 14.5. The van der Waals surface area contributed by atoms with E-state index in [0.717, 1.165) is 13.0 Å². The molecule has 3 unspecified atom stereocenters. The average molecular weight is 261 g/mol. The van der Waals surface area contributed by atoms with Crippen LogP contribution in [0.5, 0.6) is 0 Å². The van der Waals surface area contributed by atoms with Crippen molar-refractivity contribution in [2.24, 2.45) is 11.7 Å². The SMILES string of the molecule is Cc1c(C)c(C)c(C(N)C2COC(C)C2)c(C)c1C. The molecule has 3 atom stereocenters. The fraction of sp³-hybridized carbons (Fsp3) is 0.647. The van der Waals surface area contributed by atoms with Gasteiger partial charge in [-0.1, -0.05) is 0 Å². The third-order valence-electron chi connectivity index (χ3n) is 5.13. The first-order valence-corrected chi connectivity index (χ1v) is 7.28. The molecular formula is C17H27NO. The molecule has 1 aromatic rings. The molecule has 1 aliphatic heterocycles. The second-order valence-electron chi connectivity index (χ2n) is 6.20. The van der Waals surface area contributed by atoms with Crippen LogP contribution in [0.15, 0.2) is 0 Å². The van der Waals surface area contributed by atoms with Gasteiger partial charge in [-0.25, -0.2) is 0 Å². The van der Waals surface area contributed by atoms with Crippen molar-refractivity contribution in [2.75, 3.05) is 6.61 Å². The maximum absolute atomic E-state index is 6.57. The molecule has 1 fully saturated rings. The summed E-state index contributed by atoms with van der Waals surface area (Å²) in [5, 5.41) is 0. The molecule has 0 aliphatic carbocycles. The standard InChI is InChI=1S/C17H27NO/c1-9-7-15(8-19-9)17(18)16-13(5)11(3)10(2)12(4)14(16)6/h9,15,17H,7-8,18H2,1-6H3. The molecule has 0 aromatic heterocycles. The maximum atomic E-state index is 6.57. The van der Waals surface area contributed by atoms with Gasteiger partial charge in [0, 0.05) is 12.0 Å². The molecule has 1 saturated heterocycles. The van der Waals surface area contributed by atoms with Gasteiger partial charge in [-0.05, 0) is 81.3 Å². The molecule has 106 valence electrons. The minimum absolute atomic E-state index is 0.1000. The van der Waals surface area contributed by atoms with Crippen molar-refractivity contribution in [1.29, 1.82) is 0 Å². The van der Waals surface area contributed by atoms with E-state index >= 15 is 0 Å². The smallest absolute Gasteiger partial charge is 0.0551 e. The zero-order valence-electron chi connectivity index (χ0n) is 13.1. The Morgan fingerprint density at radius 1 is 0.947 bits per heavy atom. The molecule has 0 spiro atoms. The normalized spacial score (nSPS) is 24.8. The summed E-state index contributed by atoms with van der Waals surface area (Å²) in [5.41, 5.74) is 14.8. The maximum Gasteiger partial charge on any atom is 0.0551 e. The fourth-order valence-corrected chi connectivity index (χ4v) is 3.37. The van der Waals surface area contributed by atoms with Crippen LogP contribution >= 0.6 is 0 Å². The number of nitrogens with two attached hydrogens (primary N) is 1. The number of ether oxygens (including phenoxy) is 1. The van der Waals surface area contributed by atoms with Crippen LogP contribution in [0.3, 0.4) is 0 Å². The Bertz CT molecular complexity index is 464. The van der Waals surface area contributed by atoms with Gasteiger partial charge in [-0.15, -0.1) is 0 Å². The summed E-state index contributed by atoms with van der Waals surface area (Å²) in [5.74, 6) is 0.453. The number of benzene rings is 1. The van der Waals surface area contributed by atoms with E-state index in [1.807, 2.05) is 0 Å². The summed E-state index contributed by atoms with van der Waals surface area (Å²) < 4.78 is 5.69. The Kier molecular flexibility index (Phi) is 4.03. The molecule has 2 heteroatoms. The second kappa shape index (κ2) is 5.26. The monoisotopic (exact) mass is 261 g/mol. The van der Waals surface area contributed by atoms with Crippen molar-refractivity contribution in [2.45, 2.75) is 60.1 Å². The van der Waals surface area contributed by atoms with Gasteiger partial charge in [-0.2, -0.15) is 0 Å². The van der Waals surface area contributed by atoms with Crippen LogP contribution in [0.2, 0.25) is 0 Å². The van der Waals surface area contributed by atoms with Crippen LogP contribution in [0.4, 0.5) is 0 Å². The molecule has 1 heterocycles. The van der Waals surface area contributed by atoms with Gasteiger partial charge in [-0.3, -0.25) is 0 Å². The molecule has 0 radical (unpaired) electrons. The molecule has 0 amide bonds. The van der Waals surface area contributed by atoms with E-state index in [4.69, 9.17) is 10.5 Å². The Labute approximate surface area is 117 Å². The highest BCUT2D eigenvalue weighted by atomic mass is 16.5. The van der Waals surface area contributed by atoms with Crippen molar-refractivity contribution in [3.63, 3.8) is 0 Å². The minimum Gasteiger partial charge on any atom is -0.378 e. The average Bonchev–Trinajstić information content (AvgIpc) is 2.81. The van der Waals surface area contributed by atoms with Crippen LogP contribution in [-0.4, -0.2) is 12.7 Å². The molecule has 19 heavy (non-hydrogen) atoms.